The second-order valence-corrected chi connectivity index (χ2v) is 3.49. The van der Waals surface area contributed by atoms with E-state index in [1.165, 1.54) is 0 Å². The van der Waals surface area contributed by atoms with Crippen LogP contribution < -0.4 is 11.5 Å². The number of benzene rings is 1. The van der Waals surface area contributed by atoms with E-state index in [1.54, 1.807) is 25.1 Å². The first-order valence-electron chi connectivity index (χ1n) is 4.21. The van der Waals surface area contributed by atoms with Crippen molar-refractivity contribution in [1.82, 2.24) is 0 Å². The van der Waals surface area contributed by atoms with Crippen molar-refractivity contribution in [2.45, 2.75) is 12.5 Å². The summed E-state index contributed by atoms with van der Waals surface area (Å²) in [5.74, 6) is 0. The lowest BCUT2D eigenvalue weighted by Crippen LogP contribution is -2.37. The number of aliphatic hydroxyl groups excluding tert-OH is 1. The van der Waals surface area contributed by atoms with E-state index in [0.29, 0.717) is 16.8 Å². The van der Waals surface area contributed by atoms with Gasteiger partial charge in [-0.25, -0.2) is 0 Å². The number of anilines is 1. The Bertz CT molecular complexity index is 379. The summed E-state index contributed by atoms with van der Waals surface area (Å²) in [7, 11) is 0. The van der Waals surface area contributed by atoms with E-state index in [4.69, 9.17) is 21.8 Å². The molecule has 74 valence electrons. The number of nitrogens with zero attached hydrogens (tertiary/aromatic N) is 1. The third-order valence-corrected chi connectivity index (χ3v) is 2.11. The Morgan fingerprint density at radius 3 is 2.71 bits per heavy atom. The van der Waals surface area contributed by atoms with Crippen LogP contribution in [0, 0.1) is 11.3 Å². The van der Waals surface area contributed by atoms with Gasteiger partial charge in [0.25, 0.3) is 0 Å². The molecule has 0 aromatic heterocycles. The Kier molecular flexibility index (Phi) is 2.75. The summed E-state index contributed by atoms with van der Waals surface area (Å²) in [4.78, 5) is 0. The second-order valence-electron chi connectivity index (χ2n) is 3.49. The van der Waals surface area contributed by atoms with E-state index in [2.05, 4.69) is 0 Å². The molecule has 5 N–H and O–H groups in total. The lowest BCUT2D eigenvalue weighted by Gasteiger charge is -2.23. The Morgan fingerprint density at radius 1 is 1.57 bits per heavy atom. The van der Waals surface area contributed by atoms with Crippen molar-refractivity contribution >= 4 is 5.69 Å². The van der Waals surface area contributed by atoms with E-state index in [-0.39, 0.29) is 6.61 Å². The highest BCUT2D eigenvalue weighted by atomic mass is 16.3. The SMILES string of the molecule is C[C@@](N)(CO)c1ccc(N)cc1C#N. The van der Waals surface area contributed by atoms with E-state index in [1.807, 2.05) is 6.07 Å². The van der Waals surface area contributed by atoms with Crippen molar-refractivity contribution in [2.75, 3.05) is 12.3 Å². The largest absolute Gasteiger partial charge is 0.399 e. The summed E-state index contributed by atoms with van der Waals surface area (Å²) in [5, 5.41) is 17.9. The molecule has 4 nitrogen and oxygen atoms in total. The van der Waals surface area contributed by atoms with Gasteiger partial charge in [0.15, 0.2) is 0 Å². The molecule has 14 heavy (non-hydrogen) atoms. The maximum atomic E-state index is 9.07. The first kappa shape index (κ1) is 10.5. The zero-order chi connectivity index (χ0) is 10.8. The zero-order valence-electron chi connectivity index (χ0n) is 7.99. The van der Waals surface area contributed by atoms with Crippen LogP contribution in [0.5, 0.6) is 0 Å². The molecule has 1 atom stereocenters. The summed E-state index contributed by atoms with van der Waals surface area (Å²) in [6.07, 6.45) is 0. The van der Waals surface area contributed by atoms with Gasteiger partial charge in [-0.2, -0.15) is 5.26 Å². The van der Waals surface area contributed by atoms with Gasteiger partial charge in [0.05, 0.1) is 23.8 Å². The van der Waals surface area contributed by atoms with Crippen molar-refractivity contribution in [3.05, 3.63) is 29.3 Å². The van der Waals surface area contributed by atoms with Gasteiger partial charge in [0, 0.05) is 5.69 Å². The molecule has 0 bridgehead atoms. The van der Waals surface area contributed by atoms with E-state index in [9.17, 15) is 0 Å². The summed E-state index contributed by atoms with van der Waals surface area (Å²) in [6, 6.07) is 6.89. The molecule has 0 amide bonds. The first-order valence-corrected chi connectivity index (χ1v) is 4.21. The van der Waals surface area contributed by atoms with Crippen LogP contribution in [-0.2, 0) is 5.54 Å². The van der Waals surface area contributed by atoms with Gasteiger partial charge in [0.1, 0.15) is 0 Å². The molecule has 0 heterocycles. The van der Waals surface area contributed by atoms with Crippen LogP contribution in [-0.4, -0.2) is 11.7 Å². The third-order valence-electron chi connectivity index (χ3n) is 2.11. The summed E-state index contributed by atoms with van der Waals surface area (Å²) >= 11 is 0. The Balaban J connectivity index is 3.29. The van der Waals surface area contributed by atoms with Gasteiger partial charge in [-0.05, 0) is 24.6 Å². The lowest BCUT2D eigenvalue weighted by molar-refractivity contribution is 0.210. The molecule has 0 fully saturated rings. The standard InChI is InChI=1S/C10H13N3O/c1-10(13,6-14)9-3-2-8(12)4-7(9)5-11/h2-4,14H,6,12-13H2,1H3/t10-/m1/s1. The van der Waals surface area contributed by atoms with Gasteiger partial charge in [-0.1, -0.05) is 6.07 Å². The van der Waals surface area contributed by atoms with E-state index in [0.717, 1.165) is 0 Å². The Labute approximate surface area is 82.8 Å². The van der Waals surface area contributed by atoms with Crippen molar-refractivity contribution < 1.29 is 5.11 Å². The molecule has 4 heteroatoms. The van der Waals surface area contributed by atoms with Crippen molar-refractivity contribution in [1.29, 1.82) is 5.26 Å². The number of nitrogen functional groups attached to an aromatic ring is 1. The number of hydrogen-bond donors (Lipinski definition) is 3. The average molecular weight is 191 g/mol. The average Bonchev–Trinajstić information content (AvgIpc) is 2.17. The highest BCUT2D eigenvalue weighted by Crippen LogP contribution is 2.22. The highest BCUT2D eigenvalue weighted by Gasteiger charge is 2.23. The van der Waals surface area contributed by atoms with E-state index >= 15 is 0 Å². The fraction of sp³-hybridized carbons (Fsp3) is 0.300. The zero-order valence-corrected chi connectivity index (χ0v) is 7.99. The van der Waals surface area contributed by atoms with Crippen LogP contribution in [0.15, 0.2) is 18.2 Å². The molecule has 0 aliphatic heterocycles. The van der Waals surface area contributed by atoms with Gasteiger partial charge in [0.2, 0.25) is 0 Å². The minimum atomic E-state index is -0.904. The van der Waals surface area contributed by atoms with Gasteiger partial charge in [-0.15, -0.1) is 0 Å². The summed E-state index contributed by atoms with van der Waals surface area (Å²) < 4.78 is 0. The second kappa shape index (κ2) is 3.66. The minimum absolute atomic E-state index is 0.217. The fourth-order valence-electron chi connectivity index (χ4n) is 1.24. The summed E-state index contributed by atoms with van der Waals surface area (Å²) in [5.41, 5.74) is 12.0. The number of rotatable bonds is 2. The molecule has 0 spiro atoms. The van der Waals surface area contributed by atoms with Crippen LogP contribution in [0.4, 0.5) is 5.69 Å². The predicted molar refractivity (Wildman–Crippen MR) is 54.2 cm³/mol. The normalized spacial score (nSPS) is 14.4. The third kappa shape index (κ3) is 1.84. The topological polar surface area (TPSA) is 96.1 Å². The molecule has 1 aromatic rings. The van der Waals surface area contributed by atoms with Crippen molar-refractivity contribution in [3.63, 3.8) is 0 Å². The molecule has 0 aliphatic carbocycles. The Hall–Kier alpha value is -1.57. The molecule has 1 rings (SSSR count). The quantitative estimate of drug-likeness (QED) is 0.586. The van der Waals surface area contributed by atoms with E-state index < -0.39 is 5.54 Å². The maximum Gasteiger partial charge on any atom is 0.0996 e. The molecule has 0 unspecified atom stereocenters. The monoisotopic (exact) mass is 191 g/mol. The molecule has 0 radical (unpaired) electrons. The molecular weight excluding hydrogens is 178 g/mol. The van der Waals surface area contributed by atoms with Crippen LogP contribution in [0.25, 0.3) is 0 Å². The maximum absolute atomic E-state index is 9.07. The minimum Gasteiger partial charge on any atom is -0.399 e. The molecule has 1 aromatic carbocycles. The highest BCUT2D eigenvalue weighted by molar-refractivity contribution is 5.51. The first-order chi connectivity index (χ1) is 6.51. The number of aliphatic hydroxyl groups is 1. The van der Waals surface area contributed by atoms with Crippen molar-refractivity contribution in [2.24, 2.45) is 5.73 Å². The van der Waals surface area contributed by atoms with Crippen molar-refractivity contribution in [3.8, 4) is 6.07 Å². The molecule has 0 saturated carbocycles. The number of nitrogens with two attached hydrogens (primary N) is 2. The number of hydrogen-bond acceptors (Lipinski definition) is 4. The number of nitriles is 1. The smallest absolute Gasteiger partial charge is 0.0996 e. The van der Waals surface area contributed by atoms with Crippen LogP contribution in [0.3, 0.4) is 0 Å². The molecular formula is C10H13N3O. The Morgan fingerprint density at radius 2 is 2.21 bits per heavy atom. The van der Waals surface area contributed by atoms with Crippen LogP contribution in [0.2, 0.25) is 0 Å². The van der Waals surface area contributed by atoms with Crippen LogP contribution >= 0.6 is 0 Å². The van der Waals surface area contributed by atoms with Gasteiger partial charge >= 0.3 is 0 Å². The lowest BCUT2D eigenvalue weighted by atomic mass is 9.90. The molecule has 0 saturated heterocycles. The predicted octanol–water partition coefficient (Wildman–Crippen LogP) is 0.307. The van der Waals surface area contributed by atoms with Crippen LogP contribution in [0.1, 0.15) is 18.1 Å². The van der Waals surface area contributed by atoms with Gasteiger partial charge < -0.3 is 16.6 Å². The van der Waals surface area contributed by atoms with Gasteiger partial charge in [-0.3, -0.25) is 0 Å². The summed E-state index contributed by atoms with van der Waals surface area (Å²) in [6.45, 7) is 1.45. The molecule has 0 aliphatic rings. The fourth-order valence-corrected chi connectivity index (χ4v) is 1.24.